The molecule has 1 rings (SSSR count). The van der Waals surface area contributed by atoms with Crippen molar-refractivity contribution in [3.63, 3.8) is 0 Å². The summed E-state index contributed by atoms with van der Waals surface area (Å²) in [4.78, 5) is 24.0. The molecule has 2 N–H and O–H groups in total. The normalized spacial score (nSPS) is 13.9. The van der Waals surface area contributed by atoms with Crippen LogP contribution in [0.3, 0.4) is 0 Å². The Morgan fingerprint density at radius 2 is 1.45 bits per heavy atom. The summed E-state index contributed by atoms with van der Waals surface area (Å²) in [5, 5.41) is 1.63. The van der Waals surface area contributed by atoms with E-state index in [2.05, 4.69) is 13.4 Å². The number of nitrogens with zero attached hydrogens (tertiary/aromatic N) is 3. The largest absolute Gasteiger partial charge is 0.428 e. The summed E-state index contributed by atoms with van der Waals surface area (Å²) < 4.78 is 69.2. The Hall–Kier alpha value is -1.88. The van der Waals surface area contributed by atoms with Gasteiger partial charge in [0.25, 0.3) is 0 Å². The van der Waals surface area contributed by atoms with Crippen LogP contribution in [0.2, 0.25) is 0 Å². The van der Waals surface area contributed by atoms with Crippen LogP contribution < -0.4 is 0 Å². The van der Waals surface area contributed by atoms with Gasteiger partial charge < -0.3 is 9.74 Å². The number of rotatable bonds is 19. The number of unbranched alkanes of at least 4 members (excludes halogenated alkanes) is 5. The quantitative estimate of drug-likeness (QED) is 0.137. The van der Waals surface area contributed by atoms with Gasteiger partial charge in [-0.15, -0.1) is 5.06 Å². The van der Waals surface area contributed by atoms with Crippen LogP contribution in [0, 0.1) is 6.92 Å². The summed E-state index contributed by atoms with van der Waals surface area (Å²) in [6, 6.07) is 3.10. The summed E-state index contributed by atoms with van der Waals surface area (Å²) in [7, 11) is -5.80. The molecule has 2 unspecified atom stereocenters. The van der Waals surface area contributed by atoms with E-state index < -0.39 is 26.9 Å². The SMILES string of the molecule is Cc1ncccc1C(C)N(OC(=O)N(C)C)C(CCCCCCCCOS(=O)(=O)O)CCCOS(=O)(=O)O. The molecule has 0 aliphatic rings. The first-order valence-corrected chi connectivity index (χ1v) is 15.3. The molecule has 0 bridgehead atoms. The topological polar surface area (TPSA) is 173 Å². The highest BCUT2D eigenvalue weighted by molar-refractivity contribution is 7.81. The van der Waals surface area contributed by atoms with E-state index >= 15 is 0 Å². The first kappa shape index (κ1) is 34.1. The lowest BCUT2D eigenvalue weighted by atomic mass is 9.99. The highest BCUT2D eigenvalue weighted by atomic mass is 32.3. The first-order chi connectivity index (χ1) is 17.7. The van der Waals surface area contributed by atoms with Gasteiger partial charge in [0.2, 0.25) is 0 Å². The Bertz CT molecular complexity index is 1050. The van der Waals surface area contributed by atoms with Crippen LogP contribution in [0.4, 0.5) is 4.79 Å². The number of hydrogen-bond acceptors (Lipinski definition) is 10. The molecule has 1 heterocycles. The van der Waals surface area contributed by atoms with Gasteiger partial charge in [-0.1, -0.05) is 38.2 Å². The molecule has 1 amide bonds. The second-order valence-corrected chi connectivity index (χ2v) is 11.4. The van der Waals surface area contributed by atoms with Gasteiger partial charge in [0.1, 0.15) is 0 Å². The molecule has 15 heteroatoms. The van der Waals surface area contributed by atoms with Gasteiger partial charge in [0.15, 0.2) is 0 Å². The molecule has 38 heavy (non-hydrogen) atoms. The maximum Gasteiger partial charge on any atom is 0.428 e. The molecule has 220 valence electrons. The van der Waals surface area contributed by atoms with Crippen molar-refractivity contribution in [2.24, 2.45) is 0 Å². The third-order valence-electron chi connectivity index (χ3n) is 5.87. The summed E-state index contributed by atoms with van der Waals surface area (Å²) >= 11 is 0. The maximum atomic E-state index is 12.5. The fourth-order valence-corrected chi connectivity index (χ4v) is 4.61. The van der Waals surface area contributed by atoms with Crippen molar-refractivity contribution in [1.82, 2.24) is 14.9 Å². The van der Waals surface area contributed by atoms with Crippen molar-refractivity contribution in [3.8, 4) is 0 Å². The monoisotopic (exact) mass is 583 g/mol. The van der Waals surface area contributed by atoms with Crippen LogP contribution >= 0.6 is 0 Å². The zero-order valence-corrected chi connectivity index (χ0v) is 24.1. The Morgan fingerprint density at radius 3 is 2.00 bits per heavy atom. The van der Waals surface area contributed by atoms with Crippen molar-refractivity contribution >= 4 is 26.9 Å². The van der Waals surface area contributed by atoms with Gasteiger partial charge in [-0.2, -0.15) is 16.8 Å². The van der Waals surface area contributed by atoms with E-state index in [0.717, 1.165) is 43.4 Å². The van der Waals surface area contributed by atoms with Crippen LogP contribution in [0.1, 0.15) is 82.0 Å². The predicted molar refractivity (Wildman–Crippen MR) is 140 cm³/mol. The summed E-state index contributed by atoms with van der Waals surface area (Å²) in [6.45, 7) is 3.50. The molecule has 2 atom stereocenters. The lowest BCUT2D eigenvalue weighted by Gasteiger charge is -2.36. The molecule has 0 saturated carbocycles. The molecule has 0 saturated heterocycles. The van der Waals surface area contributed by atoms with Crippen molar-refractivity contribution in [2.45, 2.75) is 83.7 Å². The van der Waals surface area contributed by atoms with Crippen LogP contribution in [0.25, 0.3) is 0 Å². The minimum absolute atomic E-state index is 0.0651. The smallest absolute Gasteiger partial charge is 0.350 e. The average molecular weight is 584 g/mol. The Labute approximate surface area is 226 Å². The van der Waals surface area contributed by atoms with Crippen LogP contribution in [0.15, 0.2) is 18.3 Å². The second-order valence-electron chi connectivity index (χ2n) is 9.17. The molecule has 0 aliphatic carbocycles. The van der Waals surface area contributed by atoms with Crippen molar-refractivity contribution < 1.29 is 43.9 Å². The van der Waals surface area contributed by atoms with E-state index in [-0.39, 0.29) is 25.3 Å². The van der Waals surface area contributed by atoms with Gasteiger partial charge in [-0.3, -0.25) is 14.1 Å². The highest BCUT2D eigenvalue weighted by Crippen LogP contribution is 2.29. The lowest BCUT2D eigenvalue weighted by molar-refractivity contribution is -0.170. The van der Waals surface area contributed by atoms with Gasteiger partial charge in [0.05, 0.1) is 19.3 Å². The molecule has 1 aromatic rings. The van der Waals surface area contributed by atoms with E-state index in [9.17, 15) is 21.6 Å². The Kier molecular flexibility index (Phi) is 15.2. The molecular weight excluding hydrogens is 542 g/mol. The summed E-state index contributed by atoms with van der Waals surface area (Å²) in [6.07, 6.45) is 7.16. The van der Waals surface area contributed by atoms with Crippen molar-refractivity contribution in [1.29, 1.82) is 0 Å². The number of hydroxylamine groups is 2. The van der Waals surface area contributed by atoms with E-state index in [1.165, 1.54) is 4.90 Å². The fourth-order valence-electron chi connectivity index (χ4n) is 3.95. The van der Waals surface area contributed by atoms with E-state index in [1.807, 2.05) is 19.9 Å². The third kappa shape index (κ3) is 14.9. The number of pyridine rings is 1. The number of amides is 1. The van der Waals surface area contributed by atoms with E-state index in [1.54, 1.807) is 31.4 Å². The summed E-state index contributed by atoms with van der Waals surface area (Å²) in [5.74, 6) is 0. The number of carbonyl (C=O) groups is 1. The molecular formula is C23H41N3O10S2. The zero-order valence-electron chi connectivity index (χ0n) is 22.5. The third-order valence-corrected chi connectivity index (χ3v) is 6.80. The number of carbonyl (C=O) groups excluding carboxylic acids is 1. The molecule has 0 aliphatic heterocycles. The first-order valence-electron chi connectivity index (χ1n) is 12.5. The van der Waals surface area contributed by atoms with Gasteiger partial charge >= 0.3 is 26.9 Å². The molecule has 0 fully saturated rings. The van der Waals surface area contributed by atoms with Gasteiger partial charge in [-0.05, 0) is 51.2 Å². The lowest BCUT2D eigenvalue weighted by Crippen LogP contribution is -2.42. The van der Waals surface area contributed by atoms with E-state index in [0.29, 0.717) is 25.7 Å². The van der Waals surface area contributed by atoms with Gasteiger partial charge in [-0.25, -0.2) is 13.2 Å². The molecule has 13 nitrogen and oxygen atoms in total. The highest BCUT2D eigenvalue weighted by Gasteiger charge is 2.30. The second kappa shape index (κ2) is 16.9. The standard InChI is InChI=1S/C23H41N3O10S2/c1-19-22(15-11-16-24-19)20(2)26(36-23(27)25(3)4)21(14-12-18-35-38(31,32)33)13-9-7-5-6-8-10-17-34-37(28,29)30/h11,15-16,20-21H,5-10,12-14,17-18H2,1-4H3,(H,28,29,30)(H,31,32,33). The minimum atomic E-state index is -4.55. The zero-order chi connectivity index (χ0) is 28.8. The molecule has 0 aromatic carbocycles. The Balaban J connectivity index is 2.86. The predicted octanol–water partition coefficient (Wildman–Crippen LogP) is 3.88. The van der Waals surface area contributed by atoms with Gasteiger partial charge in [0, 0.05) is 32.0 Å². The summed E-state index contributed by atoms with van der Waals surface area (Å²) in [5.41, 5.74) is 1.67. The fraction of sp³-hybridized carbons (Fsp3) is 0.739. The molecule has 0 spiro atoms. The number of aromatic nitrogens is 1. The Morgan fingerprint density at radius 1 is 0.921 bits per heavy atom. The van der Waals surface area contributed by atoms with Crippen LogP contribution in [0.5, 0.6) is 0 Å². The van der Waals surface area contributed by atoms with Crippen LogP contribution in [-0.2, 0) is 34.0 Å². The molecule has 0 radical (unpaired) electrons. The number of hydrogen-bond donors (Lipinski definition) is 2. The number of aryl methyl sites for hydroxylation is 1. The van der Waals surface area contributed by atoms with E-state index in [4.69, 9.17) is 13.9 Å². The average Bonchev–Trinajstić information content (AvgIpc) is 2.81. The maximum absolute atomic E-state index is 12.5. The molecule has 1 aromatic heterocycles. The van der Waals surface area contributed by atoms with Crippen molar-refractivity contribution in [2.75, 3.05) is 27.3 Å². The van der Waals surface area contributed by atoms with Crippen molar-refractivity contribution in [3.05, 3.63) is 29.6 Å². The minimum Gasteiger partial charge on any atom is -0.350 e. The van der Waals surface area contributed by atoms with Crippen LogP contribution in [-0.4, -0.2) is 80.3 Å².